The van der Waals surface area contributed by atoms with Crippen LogP contribution in [-0.2, 0) is 0 Å². The van der Waals surface area contributed by atoms with Gasteiger partial charge in [-0.15, -0.1) is 0 Å². The van der Waals surface area contributed by atoms with E-state index in [-0.39, 0.29) is 17.6 Å². The van der Waals surface area contributed by atoms with Crippen LogP contribution < -0.4 is 4.74 Å². The van der Waals surface area contributed by atoms with Gasteiger partial charge in [0.15, 0.2) is 0 Å². The molecule has 0 N–H and O–H groups in total. The van der Waals surface area contributed by atoms with Crippen molar-refractivity contribution in [3.8, 4) is 17.0 Å². The van der Waals surface area contributed by atoms with Crippen LogP contribution in [0.5, 0.6) is 5.75 Å². The third-order valence-electron chi connectivity index (χ3n) is 5.35. The lowest BCUT2D eigenvalue weighted by atomic mass is 9.93. The molecule has 3 aromatic rings. The van der Waals surface area contributed by atoms with Crippen LogP contribution in [0.15, 0.2) is 66.7 Å². The van der Waals surface area contributed by atoms with Crippen LogP contribution in [0.1, 0.15) is 34.8 Å². The van der Waals surface area contributed by atoms with Crippen LogP contribution in [-0.4, -0.2) is 36.0 Å². The molecule has 1 saturated heterocycles. The standard InChI is InChI=1S/C24H23FN2O2/c1-29-21-7-2-5-18(15-21)22-8-3-9-23(26-22)19-6-4-14-27(16-19)24(28)17-10-12-20(25)13-11-17/h2-3,5,7-13,15,19H,4,6,14,16H2,1H3/t19-/m1/s1. The van der Waals surface area contributed by atoms with E-state index < -0.39 is 0 Å². The maximum Gasteiger partial charge on any atom is 0.253 e. The molecule has 0 bridgehead atoms. The summed E-state index contributed by atoms with van der Waals surface area (Å²) in [6.07, 6.45) is 1.91. The van der Waals surface area contributed by atoms with Gasteiger partial charge in [0, 0.05) is 35.8 Å². The second-order valence-corrected chi connectivity index (χ2v) is 7.28. The number of nitrogens with zero attached hydrogens (tertiary/aromatic N) is 2. The zero-order valence-electron chi connectivity index (χ0n) is 16.3. The van der Waals surface area contributed by atoms with E-state index in [2.05, 4.69) is 0 Å². The Morgan fingerprint density at radius 2 is 1.90 bits per heavy atom. The predicted molar refractivity (Wildman–Crippen MR) is 111 cm³/mol. The van der Waals surface area contributed by atoms with Crippen molar-refractivity contribution in [2.24, 2.45) is 0 Å². The number of halogens is 1. The monoisotopic (exact) mass is 390 g/mol. The summed E-state index contributed by atoms with van der Waals surface area (Å²) in [6, 6.07) is 19.6. The number of pyridine rings is 1. The molecule has 0 saturated carbocycles. The van der Waals surface area contributed by atoms with Crippen molar-refractivity contribution in [2.75, 3.05) is 20.2 Å². The van der Waals surface area contributed by atoms with E-state index >= 15 is 0 Å². The van der Waals surface area contributed by atoms with Crippen molar-refractivity contribution in [3.05, 3.63) is 83.8 Å². The molecule has 0 unspecified atom stereocenters. The molecule has 1 atom stereocenters. The molecule has 0 radical (unpaired) electrons. The van der Waals surface area contributed by atoms with Crippen LogP contribution >= 0.6 is 0 Å². The SMILES string of the molecule is COc1cccc(-c2cccc([C@@H]3CCCN(C(=O)c4ccc(F)cc4)C3)n2)c1. The van der Waals surface area contributed by atoms with Gasteiger partial charge in [-0.25, -0.2) is 4.39 Å². The lowest BCUT2D eigenvalue weighted by molar-refractivity contribution is 0.0706. The fraction of sp³-hybridized carbons (Fsp3) is 0.250. The first-order valence-corrected chi connectivity index (χ1v) is 9.80. The fourth-order valence-electron chi connectivity index (χ4n) is 3.80. The number of benzene rings is 2. The molecule has 5 heteroatoms. The average molecular weight is 390 g/mol. The number of aromatic nitrogens is 1. The minimum Gasteiger partial charge on any atom is -0.497 e. The van der Waals surface area contributed by atoms with Crippen molar-refractivity contribution >= 4 is 5.91 Å². The second kappa shape index (κ2) is 8.43. The number of piperidine rings is 1. The number of hydrogen-bond donors (Lipinski definition) is 0. The van der Waals surface area contributed by atoms with E-state index in [0.717, 1.165) is 35.5 Å². The second-order valence-electron chi connectivity index (χ2n) is 7.28. The number of ether oxygens (including phenoxy) is 1. The highest BCUT2D eigenvalue weighted by atomic mass is 19.1. The molecule has 0 aliphatic carbocycles. The number of methoxy groups -OCH3 is 1. The summed E-state index contributed by atoms with van der Waals surface area (Å²) >= 11 is 0. The van der Waals surface area contributed by atoms with Gasteiger partial charge in [-0.2, -0.15) is 0 Å². The molecular weight excluding hydrogens is 367 g/mol. The smallest absolute Gasteiger partial charge is 0.253 e. The van der Waals surface area contributed by atoms with Gasteiger partial charge in [0.25, 0.3) is 5.91 Å². The summed E-state index contributed by atoms with van der Waals surface area (Å²) in [5, 5.41) is 0. The number of rotatable bonds is 4. The van der Waals surface area contributed by atoms with Crippen molar-refractivity contribution in [3.63, 3.8) is 0 Å². The lowest BCUT2D eigenvalue weighted by Gasteiger charge is -2.32. The highest BCUT2D eigenvalue weighted by Gasteiger charge is 2.26. The number of carbonyl (C=O) groups excluding carboxylic acids is 1. The third-order valence-corrected chi connectivity index (χ3v) is 5.35. The quantitative estimate of drug-likeness (QED) is 0.635. The average Bonchev–Trinajstić information content (AvgIpc) is 2.79. The van der Waals surface area contributed by atoms with Gasteiger partial charge in [-0.1, -0.05) is 18.2 Å². The summed E-state index contributed by atoms with van der Waals surface area (Å²) in [5.41, 5.74) is 3.40. The molecule has 4 rings (SSSR count). The predicted octanol–water partition coefficient (Wildman–Crippen LogP) is 4.92. The molecule has 1 amide bonds. The summed E-state index contributed by atoms with van der Waals surface area (Å²) in [4.78, 5) is 19.5. The zero-order chi connectivity index (χ0) is 20.2. The molecule has 1 aliphatic heterocycles. The van der Waals surface area contributed by atoms with Crippen molar-refractivity contribution in [1.82, 2.24) is 9.88 Å². The Kier molecular flexibility index (Phi) is 5.56. The van der Waals surface area contributed by atoms with Crippen LogP contribution in [0.3, 0.4) is 0 Å². The highest BCUT2D eigenvalue weighted by Crippen LogP contribution is 2.29. The van der Waals surface area contributed by atoms with E-state index in [9.17, 15) is 9.18 Å². The molecule has 0 spiro atoms. The minimum absolute atomic E-state index is 0.0568. The van der Waals surface area contributed by atoms with Gasteiger partial charge < -0.3 is 9.64 Å². The van der Waals surface area contributed by atoms with E-state index in [1.54, 1.807) is 19.2 Å². The Hall–Kier alpha value is -3.21. The summed E-state index contributed by atoms with van der Waals surface area (Å²) in [6.45, 7) is 1.33. The Morgan fingerprint density at radius 3 is 2.69 bits per heavy atom. The van der Waals surface area contributed by atoms with Crippen molar-refractivity contribution in [1.29, 1.82) is 0 Å². The van der Waals surface area contributed by atoms with Gasteiger partial charge in [-0.3, -0.25) is 9.78 Å². The minimum atomic E-state index is -0.336. The Labute approximate surface area is 170 Å². The normalized spacial score (nSPS) is 16.5. The largest absolute Gasteiger partial charge is 0.497 e. The van der Waals surface area contributed by atoms with Crippen molar-refractivity contribution < 1.29 is 13.9 Å². The third kappa shape index (κ3) is 4.29. The van der Waals surface area contributed by atoms with Gasteiger partial charge in [0.1, 0.15) is 11.6 Å². The number of carbonyl (C=O) groups is 1. The van der Waals surface area contributed by atoms with Crippen LogP contribution in [0, 0.1) is 5.82 Å². The van der Waals surface area contributed by atoms with E-state index in [1.165, 1.54) is 12.1 Å². The maximum absolute atomic E-state index is 13.2. The Bertz CT molecular complexity index is 1000. The molecule has 1 aliphatic rings. The summed E-state index contributed by atoms with van der Waals surface area (Å²) < 4.78 is 18.5. The number of amides is 1. The Balaban J connectivity index is 1.54. The first-order chi connectivity index (χ1) is 14.1. The van der Waals surface area contributed by atoms with E-state index in [4.69, 9.17) is 9.72 Å². The van der Waals surface area contributed by atoms with Crippen molar-refractivity contribution in [2.45, 2.75) is 18.8 Å². The van der Waals surface area contributed by atoms with Crippen LogP contribution in [0.2, 0.25) is 0 Å². The maximum atomic E-state index is 13.2. The van der Waals surface area contributed by atoms with Gasteiger partial charge >= 0.3 is 0 Å². The van der Waals surface area contributed by atoms with Crippen LogP contribution in [0.4, 0.5) is 4.39 Å². The molecular formula is C24H23FN2O2. The summed E-state index contributed by atoms with van der Waals surface area (Å²) in [7, 11) is 1.65. The highest BCUT2D eigenvalue weighted by molar-refractivity contribution is 5.94. The van der Waals surface area contributed by atoms with Gasteiger partial charge in [0.05, 0.1) is 12.8 Å². The lowest BCUT2D eigenvalue weighted by Crippen LogP contribution is -2.39. The van der Waals surface area contributed by atoms with Gasteiger partial charge in [-0.05, 0) is 61.4 Å². The first kappa shape index (κ1) is 19.1. The molecule has 29 heavy (non-hydrogen) atoms. The first-order valence-electron chi connectivity index (χ1n) is 9.80. The Morgan fingerprint density at radius 1 is 1.10 bits per heavy atom. The number of likely N-dealkylation sites (tertiary alicyclic amines) is 1. The van der Waals surface area contributed by atoms with Crippen LogP contribution in [0.25, 0.3) is 11.3 Å². The molecule has 1 aromatic heterocycles. The molecule has 1 fully saturated rings. The topological polar surface area (TPSA) is 42.4 Å². The molecule has 4 nitrogen and oxygen atoms in total. The summed E-state index contributed by atoms with van der Waals surface area (Å²) in [5.74, 6) is 0.581. The molecule has 2 aromatic carbocycles. The van der Waals surface area contributed by atoms with Gasteiger partial charge in [0.2, 0.25) is 0 Å². The molecule has 2 heterocycles. The molecule has 148 valence electrons. The fourth-order valence-corrected chi connectivity index (χ4v) is 3.80. The van der Waals surface area contributed by atoms with E-state index in [1.807, 2.05) is 47.4 Å². The zero-order valence-corrected chi connectivity index (χ0v) is 16.3. The number of hydrogen-bond acceptors (Lipinski definition) is 3. The van der Waals surface area contributed by atoms with E-state index in [0.29, 0.717) is 18.7 Å².